The maximum absolute atomic E-state index is 10.6. The van der Waals surface area contributed by atoms with E-state index >= 15 is 0 Å². The van der Waals surface area contributed by atoms with E-state index in [4.69, 9.17) is 28.3 Å². The maximum Gasteiger partial charge on any atom is 0.335 e. The summed E-state index contributed by atoms with van der Waals surface area (Å²) >= 11 is 11.2. The number of carboxylic acids is 1. The first-order chi connectivity index (χ1) is 9.06. The minimum Gasteiger partial charge on any atom is -0.478 e. The number of benzene rings is 2. The van der Waals surface area contributed by atoms with Gasteiger partial charge in [0.05, 0.1) is 15.6 Å². The van der Waals surface area contributed by atoms with Crippen LogP contribution in [0.4, 0.5) is 0 Å². The lowest BCUT2D eigenvalue weighted by atomic mass is 10.1. The minimum absolute atomic E-state index is 0.412. The molecule has 1 N–H and O–H groups in total. The Labute approximate surface area is 122 Å². The number of carbonyl (C=O) groups is 1. The first-order valence-electron chi connectivity index (χ1n) is 5.77. The van der Waals surface area contributed by atoms with Crippen molar-refractivity contribution in [2.45, 2.75) is 13.3 Å². The van der Waals surface area contributed by atoms with Gasteiger partial charge in [-0.3, -0.25) is 0 Å². The molecule has 0 saturated carbocycles. The molecule has 0 amide bonds. The van der Waals surface area contributed by atoms with Crippen LogP contribution in [0.25, 0.3) is 0 Å². The van der Waals surface area contributed by atoms with E-state index in [-0.39, 0.29) is 0 Å². The van der Waals surface area contributed by atoms with Crippen LogP contribution < -0.4 is 0 Å². The highest BCUT2D eigenvalue weighted by atomic mass is 35.5. The number of carboxylic acid groups (broad SMARTS) is 1. The van der Waals surface area contributed by atoms with Crippen molar-refractivity contribution < 1.29 is 9.90 Å². The first kappa shape index (κ1) is 15.5. The molecule has 0 radical (unpaired) electrons. The van der Waals surface area contributed by atoms with Crippen LogP contribution in [-0.2, 0) is 6.42 Å². The second kappa shape index (κ2) is 7.82. The van der Waals surface area contributed by atoms with Crippen LogP contribution in [0.15, 0.2) is 48.5 Å². The predicted molar refractivity (Wildman–Crippen MR) is 79.2 cm³/mol. The van der Waals surface area contributed by atoms with Gasteiger partial charge in [-0.1, -0.05) is 60.5 Å². The molecule has 100 valence electrons. The predicted octanol–water partition coefficient (Wildman–Crippen LogP) is 4.94. The van der Waals surface area contributed by atoms with E-state index in [1.165, 1.54) is 0 Å². The van der Waals surface area contributed by atoms with Gasteiger partial charge in [0.15, 0.2) is 0 Å². The standard InChI is InChI=1S/C9H10O2.C6H4Cl2/c1-2-7-5-3-4-6-8(7)9(10)11;7-5-3-1-2-4-6(5)8/h3-6H,2H2,1H3,(H,10,11);1-4H. The van der Waals surface area contributed by atoms with Crippen LogP contribution in [0, 0.1) is 0 Å². The van der Waals surface area contributed by atoms with Crippen LogP contribution in [0.3, 0.4) is 0 Å². The van der Waals surface area contributed by atoms with E-state index in [2.05, 4.69) is 0 Å². The van der Waals surface area contributed by atoms with Crippen LogP contribution in [-0.4, -0.2) is 11.1 Å². The Morgan fingerprint density at radius 3 is 1.84 bits per heavy atom. The molecule has 19 heavy (non-hydrogen) atoms. The monoisotopic (exact) mass is 296 g/mol. The van der Waals surface area contributed by atoms with E-state index < -0.39 is 5.97 Å². The summed E-state index contributed by atoms with van der Waals surface area (Å²) in [7, 11) is 0. The summed E-state index contributed by atoms with van der Waals surface area (Å²) in [6.07, 6.45) is 0.766. The highest BCUT2D eigenvalue weighted by molar-refractivity contribution is 6.41. The molecule has 0 spiro atoms. The first-order valence-corrected chi connectivity index (χ1v) is 6.53. The zero-order valence-electron chi connectivity index (χ0n) is 10.4. The third-order valence-corrected chi connectivity index (χ3v) is 3.21. The average Bonchev–Trinajstić information content (AvgIpc) is 2.42. The fraction of sp³-hybridized carbons (Fsp3) is 0.133. The molecule has 2 aromatic rings. The SMILES string of the molecule is CCc1ccccc1C(=O)O.Clc1ccccc1Cl. The topological polar surface area (TPSA) is 37.3 Å². The molecular weight excluding hydrogens is 283 g/mol. The number of hydrogen-bond acceptors (Lipinski definition) is 1. The molecule has 0 aromatic heterocycles. The van der Waals surface area contributed by atoms with Crippen molar-refractivity contribution in [3.63, 3.8) is 0 Å². The Hall–Kier alpha value is -1.51. The normalized spacial score (nSPS) is 9.42. The average molecular weight is 297 g/mol. The van der Waals surface area contributed by atoms with Crippen LogP contribution in [0.2, 0.25) is 10.0 Å². The molecule has 0 aliphatic rings. The number of aryl methyl sites for hydroxylation is 1. The lowest BCUT2D eigenvalue weighted by molar-refractivity contribution is 0.0695. The van der Waals surface area contributed by atoms with Gasteiger partial charge in [0, 0.05) is 0 Å². The van der Waals surface area contributed by atoms with Crippen molar-refractivity contribution in [2.75, 3.05) is 0 Å². The Balaban J connectivity index is 0.000000200. The van der Waals surface area contributed by atoms with Crippen molar-refractivity contribution in [3.05, 3.63) is 69.7 Å². The van der Waals surface area contributed by atoms with Gasteiger partial charge in [-0.25, -0.2) is 4.79 Å². The molecule has 0 aliphatic heterocycles. The van der Waals surface area contributed by atoms with Crippen molar-refractivity contribution in [2.24, 2.45) is 0 Å². The van der Waals surface area contributed by atoms with Crippen molar-refractivity contribution in [1.29, 1.82) is 0 Å². The molecule has 2 aromatic carbocycles. The Bertz CT molecular complexity index is 532. The lowest BCUT2D eigenvalue weighted by Gasteiger charge is -2.00. The van der Waals surface area contributed by atoms with Crippen molar-refractivity contribution >= 4 is 29.2 Å². The van der Waals surface area contributed by atoms with Crippen LogP contribution >= 0.6 is 23.2 Å². The largest absolute Gasteiger partial charge is 0.478 e. The summed E-state index contributed by atoms with van der Waals surface area (Å²) in [5.74, 6) is -0.845. The Morgan fingerprint density at radius 1 is 1.00 bits per heavy atom. The molecule has 4 heteroatoms. The minimum atomic E-state index is -0.845. The molecule has 0 heterocycles. The summed E-state index contributed by atoms with van der Waals surface area (Å²) in [4.78, 5) is 10.6. The van der Waals surface area contributed by atoms with E-state index in [0.29, 0.717) is 15.6 Å². The number of hydrogen-bond donors (Lipinski definition) is 1. The van der Waals surface area contributed by atoms with Crippen molar-refractivity contribution in [1.82, 2.24) is 0 Å². The van der Waals surface area contributed by atoms with Crippen LogP contribution in [0.5, 0.6) is 0 Å². The Kier molecular flexibility index (Phi) is 6.40. The fourth-order valence-corrected chi connectivity index (χ4v) is 1.75. The zero-order chi connectivity index (χ0) is 14.3. The van der Waals surface area contributed by atoms with E-state index in [1.54, 1.807) is 24.3 Å². The lowest BCUT2D eigenvalue weighted by Crippen LogP contribution is -2.00. The molecular formula is C15H14Cl2O2. The van der Waals surface area contributed by atoms with E-state index in [9.17, 15) is 4.79 Å². The second-order valence-electron chi connectivity index (χ2n) is 3.73. The molecule has 0 bridgehead atoms. The zero-order valence-corrected chi connectivity index (χ0v) is 11.9. The molecule has 0 fully saturated rings. The summed E-state index contributed by atoms with van der Waals surface area (Å²) in [5.41, 5.74) is 1.30. The van der Waals surface area contributed by atoms with Crippen molar-refractivity contribution in [3.8, 4) is 0 Å². The summed E-state index contributed by atoms with van der Waals surface area (Å²) in [6, 6.07) is 14.2. The van der Waals surface area contributed by atoms with Gasteiger partial charge in [0.25, 0.3) is 0 Å². The van der Waals surface area contributed by atoms with Gasteiger partial charge in [-0.15, -0.1) is 0 Å². The Morgan fingerprint density at radius 2 is 1.47 bits per heavy atom. The molecule has 0 unspecified atom stereocenters. The van der Waals surface area contributed by atoms with Gasteiger partial charge in [-0.05, 0) is 30.2 Å². The number of aromatic carboxylic acids is 1. The second-order valence-corrected chi connectivity index (χ2v) is 4.54. The highest BCUT2D eigenvalue weighted by Gasteiger charge is 2.05. The van der Waals surface area contributed by atoms with Crippen LogP contribution in [0.1, 0.15) is 22.8 Å². The third kappa shape index (κ3) is 4.93. The third-order valence-electron chi connectivity index (χ3n) is 2.45. The fourth-order valence-electron chi connectivity index (χ4n) is 1.48. The van der Waals surface area contributed by atoms with E-state index in [0.717, 1.165) is 12.0 Å². The molecule has 2 nitrogen and oxygen atoms in total. The number of rotatable bonds is 2. The summed E-state index contributed by atoms with van der Waals surface area (Å²) in [6.45, 7) is 1.95. The van der Waals surface area contributed by atoms with Gasteiger partial charge >= 0.3 is 5.97 Å². The maximum atomic E-state index is 10.6. The van der Waals surface area contributed by atoms with Gasteiger partial charge in [-0.2, -0.15) is 0 Å². The molecule has 0 saturated heterocycles. The number of halogens is 2. The quantitative estimate of drug-likeness (QED) is 0.852. The molecule has 2 rings (SSSR count). The molecule has 0 atom stereocenters. The highest BCUT2D eigenvalue weighted by Crippen LogP contribution is 2.19. The summed E-state index contributed by atoms with van der Waals surface area (Å²) < 4.78 is 0. The van der Waals surface area contributed by atoms with E-state index in [1.807, 2.05) is 31.2 Å². The molecule has 0 aliphatic carbocycles. The summed E-state index contributed by atoms with van der Waals surface area (Å²) in [5, 5.41) is 9.91. The smallest absolute Gasteiger partial charge is 0.335 e. The van der Waals surface area contributed by atoms with Gasteiger partial charge < -0.3 is 5.11 Å². The van der Waals surface area contributed by atoms with Gasteiger partial charge in [0.2, 0.25) is 0 Å². The van der Waals surface area contributed by atoms with Gasteiger partial charge in [0.1, 0.15) is 0 Å².